The molecule has 0 radical (unpaired) electrons. The molecule has 20 heavy (non-hydrogen) atoms. The number of benzene rings is 1. The third-order valence-electron chi connectivity index (χ3n) is 3.57. The monoisotopic (exact) mass is 277 g/mol. The number of ether oxygens (including phenoxy) is 1. The lowest BCUT2D eigenvalue weighted by atomic mass is 9.89. The first-order chi connectivity index (χ1) is 9.54. The average molecular weight is 277 g/mol. The van der Waals surface area contributed by atoms with E-state index in [9.17, 15) is 14.7 Å². The molecule has 2 unspecified atom stereocenters. The van der Waals surface area contributed by atoms with E-state index in [1.54, 1.807) is 11.8 Å². The fourth-order valence-electron chi connectivity index (χ4n) is 2.56. The molecule has 2 rings (SSSR count). The topological polar surface area (TPSA) is 66.8 Å². The van der Waals surface area contributed by atoms with Gasteiger partial charge in [-0.25, -0.2) is 0 Å². The van der Waals surface area contributed by atoms with Gasteiger partial charge in [0.25, 0.3) is 5.91 Å². The molecule has 0 bridgehead atoms. The van der Waals surface area contributed by atoms with E-state index in [0.29, 0.717) is 13.2 Å². The van der Waals surface area contributed by atoms with Crippen LogP contribution < -0.4 is 0 Å². The Morgan fingerprint density at radius 2 is 2.15 bits per heavy atom. The number of hydrogen-bond donors (Lipinski definition) is 1. The molecule has 1 aliphatic rings. The summed E-state index contributed by atoms with van der Waals surface area (Å²) in [5, 5.41) is 9.36. The van der Waals surface area contributed by atoms with E-state index in [1.165, 1.54) is 0 Å². The maximum absolute atomic E-state index is 12.3. The van der Waals surface area contributed by atoms with Gasteiger partial charge in [0.1, 0.15) is 6.10 Å². The van der Waals surface area contributed by atoms with Crippen LogP contribution in [0.3, 0.4) is 0 Å². The van der Waals surface area contributed by atoms with Crippen LogP contribution in [0, 0.1) is 0 Å². The number of nitrogens with zero attached hydrogens (tertiary/aromatic N) is 1. The van der Waals surface area contributed by atoms with Crippen LogP contribution in [0.25, 0.3) is 0 Å². The molecule has 0 saturated heterocycles. The summed E-state index contributed by atoms with van der Waals surface area (Å²) in [6, 6.07) is 7.38. The molecule has 0 spiro atoms. The normalized spacial score (nSPS) is 19.3. The van der Waals surface area contributed by atoms with Gasteiger partial charge < -0.3 is 14.7 Å². The Bertz CT molecular complexity index is 514. The number of amides is 1. The quantitative estimate of drug-likeness (QED) is 0.908. The second kappa shape index (κ2) is 6.05. The highest BCUT2D eigenvalue weighted by atomic mass is 16.5. The molecule has 1 aromatic carbocycles. The molecule has 1 N–H and O–H groups in total. The molecular weight excluding hydrogens is 258 g/mol. The predicted octanol–water partition coefficient (Wildman–Crippen LogP) is 1.62. The first kappa shape index (κ1) is 14.5. The number of carbonyl (C=O) groups excluding carboxylic acids is 1. The Morgan fingerprint density at radius 3 is 2.80 bits per heavy atom. The molecule has 5 nitrogen and oxygen atoms in total. The van der Waals surface area contributed by atoms with Gasteiger partial charge in [-0.05, 0) is 25.0 Å². The zero-order valence-electron chi connectivity index (χ0n) is 11.7. The van der Waals surface area contributed by atoms with Crippen LogP contribution in [0.15, 0.2) is 24.3 Å². The van der Waals surface area contributed by atoms with E-state index < -0.39 is 18.0 Å². The van der Waals surface area contributed by atoms with E-state index in [2.05, 4.69) is 0 Å². The van der Waals surface area contributed by atoms with Crippen LogP contribution in [0.2, 0.25) is 0 Å². The van der Waals surface area contributed by atoms with Gasteiger partial charge in [-0.1, -0.05) is 24.3 Å². The minimum atomic E-state index is -0.904. The molecular formula is C15H19NO4. The molecule has 1 heterocycles. The van der Waals surface area contributed by atoms with Crippen molar-refractivity contribution in [2.75, 3.05) is 13.2 Å². The summed E-state index contributed by atoms with van der Waals surface area (Å²) >= 11 is 0. The number of carboxylic acid groups (broad SMARTS) is 1. The van der Waals surface area contributed by atoms with Gasteiger partial charge in [-0.3, -0.25) is 9.59 Å². The summed E-state index contributed by atoms with van der Waals surface area (Å²) in [6.45, 7) is 4.62. The van der Waals surface area contributed by atoms with Gasteiger partial charge >= 0.3 is 5.97 Å². The van der Waals surface area contributed by atoms with Crippen molar-refractivity contribution in [2.45, 2.75) is 32.4 Å². The molecule has 108 valence electrons. The first-order valence-corrected chi connectivity index (χ1v) is 6.75. The number of aliphatic carboxylic acids is 1. The third kappa shape index (κ3) is 2.82. The highest BCUT2D eigenvalue weighted by Gasteiger charge is 2.33. The zero-order valence-corrected chi connectivity index (χ0v) is 11.7. The first-order valence-electron chi connectivity index (χ1n) is 6.75. The summed E-state index contributed by atoms with van der Waals surface area (Å²) in [4.78, 5) is 25.3. The molecule has 1 amide bonds. The zero-order chi connectivity index (χ0) is 14.7. The molecule has 0 saturated carbocycles. The maximum Gasteiger partial charge on any atom is 0.312 e. The summed E-state index contributed by atoms with van der Waals surface area (Å²) < 4.78 is 5.30. The SMILES string of the molecule is CCOC(C)C(=O)N1Cc2ccccc2C(C(=O)O)C1. The van der Waals surface area contributed by atoms with Crippen molar-refractivity contribution in [2.24, 2.45) is 0 Å². The fraction of sp³-hybridized carbons (Fsp3) is 0.467. The molecule has 0 aliphatic carbocycles. The van der Waals surface area contributed by atoms with Gasteiger partial charge in [-0.15, -0.1) is 0 Å². The summed E-state index contributed by atoms with van der Waals surface area (Å²) in [7, 11) is 0. The second-order valence-electron chi connectivity index (χ2n) is 4.91. The molecule has 5 heteroatoms. The summed E-state index contributed by atoms with van der Waals surface area (Å²) in [5.41, 5.74) is 1.69. The Kier molecular flexibility index (Phi) is 4.39. The summed E-state index contributed by atoms with van der Waals surface area (Å²) in [5.74, 6) is -1.73. The van der Waals surface area contributed by atoms with Crippen LogP contribution in [-0.2, 0) is 20.9 Å². The number of rotatable bonds is 4. The highest BCUT2D eigenvalue weighted by molar-refractivity contribution is 5.83. The van der Waals surface area contributed by atoms with E-state index in [1.807, 2.05) is 31.2 Å². The smallest absolute Gasteiger partial charge is 0.312 e. The minimum Gasteiger partial charge on any atom is -0.481 e. The number of carboxylic acids is 1. The van der Waals surface area contributed by atoms with E-state index in [0.717, 1.165) is 11.1 Å². The third-order valence-corrected chi connectivity index (χ3v) is 3.57. The van der Waals surface area contributed by atoms with Crippen LogP contribution in [0.1, 0.15) is 30.9 Å². The second-order valence-corrected chi connectivity index (χ2v) is 4.91. The Balaban J connectivity index is 2.24. The minimum absolute atomic E-state index is 0.160. The van der Waals surface area contributed by atoms with Crippen LogP contribution in [-0.4, -0.2) is 41.1 Å². The number of hydrogen-bond acceptors (Lipinski definition) is 3. The van der Waals surface area contributed by atoms with Crippen molar-refractivity contribution in [1.29, 1.82) is 0 Å². The Labute approximate surface area is 118 Å². The fourth-order valence-corrected chi connectivity index (χ4v) is 2.56. The Hall–Kier alpha value is -1.88. The maximum atomic E-state index is 12.3. The lowest BCUT2D eigenvalue weighted by Crippen LogP contribution is -2.45. The highest BCUT2D eigenvalue weighted by Crippen LogP contribution is 2.28. The summed E-state index contributed by atoms with van der Waals surface area (Å²) in [6.07, 6.45) is -0.542. The molecule has 2 atom stereocenters. The number of fused-ring (bicyclic) bond motifs is 1. The lowest BCUT2D eigenvalue weighted by molar-refractivity contribution is -0.146. The molecule has 1 aliphatic heterocycles. The van der Waals surface area contributed by atoms with Crippen molar-refractivity contribution in [3.8, 4) is 0 Å². The Morgan fingerprint density at radius 1 is 1.45 bits per heavy atom. The molecule has 1 aromatic rings. The molecule has 0 aromatic heterocycles. The van der Waals surface area contributed by atoms with Crippen molar-refractivity contribution in [1.82, 2.24) is 4.90 Å². The van der Waals surface area contributed by atoms with Crippen LogP contribution >= 0.6 is 0 Å². The van der Waals surface area contributed by atoms with Crippen LogP contribution in [0.4, 0.5) is 0 Å². The van der Waals surface area contributed by atoms with Gasteiger partial charge in [0.2, 0.25) is 0 Å². The largest absolute Gasteiger partial charge is 0.481 e. The van der Waals surface area contributed by atoms with Crippen molar-refractivity contribution < 1.29 is 19.4 Å². The van der Waals surface area contributed by atoms with E-state index >= 15 is 0 Å². The van der Waals surface area contributed by atoms with Gasteiger partial charge in [0.05, 0.1) is 5.92 Å². The average Bonchev–Trinajstić information content (AvgIpc) is 2.45. The standard InChI is InChI=1S/C15H19NO4/c1-3-20-10(2)14(17)16-8-11-6-4-5-7-12(11)13(9-16)15(18)19/h4-7,10,13H,3,8-9H2,1-2H3,(H,18,19). The van der Waals surface area contributed by atoms with E-state index in [4.69, 9.17) is 4.74 Å². The van der Waals surface area contributed by atoms with Gasteiger partial charge in [0, 0.05) is 19.7 Å². The van der Waals surface area contributed by atoms with E-state index in [-0.39, 0.29) is 12.5 Å². The van der Waals surface area contributed by atoms with Crippen molar-refractivity contribution >= 4 is 11.9 Å². The van der Waals surface area contributed by atoms with Crippen molar-refractivity contribution in [3.05, 3.63) is 35.4 Å². The predicted molar refractivity (Wildman–Crippen MR) is 73.3 cm³/mol. The van der Waals surface area contributed by atoms with Gasteiger partial charge in [-0.2, -0.15) is 0 Å². The van der Waals surface area contributed by atoms with Crippen molar-refractivity contribution in [3.63, 3.8) is 0 Å². The van der Waals surface area contributed by atoms with Crippen LogP contribution in [0.5, 0.6) is 0 Å². The van der Waals surface area contributed by atoms with Gasteiger partial charge in [0.15, 0.2) is 0 Å². The lowest BCUT2D eigenvalue weighted by Gasteiger charge is -2.34. The molecule has 0 fully saturated rings. The number of carbonyl (C=O) groups is 2.